The van der Waals surface area contributed by atoms with Gasteiger partial charge in [-0.3, -0.25) is 9.80 Å². The number of piperazine rings is 1. The molecule has 6 nitrogen and oxygen atoms in total. The summed E-state index contributed by atoms with van der Waals surface area (Å²) >= 11 is 0. The van der Waals surface area contributed by atoms with Crippen molar-refractivity contribution in [2.45, 2.75) is 25.1 Å². The number of nitrogens with two attached hydrogens (primary N) is 1. The molecule has 2 aromatic rings. The summed E-state index contributed by atoms with van der Waals surface area (Å²) in [6, 6.07) is 16.0. The summed E-state index contributed by atoms with van der Waals surface area (Å²) in [5.41, 5.74) is 8.64. The number of β-amino-alcohol motifs (C(OH)–C–C–N with tert-alkyl or cyclic N) is 1. The molecular formula is C22H29N3O3. The van der Waals surface area contributed by atoms with Crippen LogP contribution >= 0.6 is 0 Å². The number of hydrogen-bond donors (Lipinski definition) is 2. The van der Waals surface area contributed by atoms with E-state index in [0.717, 1.165) is 44.2 Å². The Morgan fingerprint density at radius 1 is 0.893 bits per heavy atom. The molecule has 0 unspecified atom stereocenters. The molecule has 150 valence electrons. The average Bonchev–Trinajstić information content (AvgIpc) is 3.18. The smallest absolute Gasteiger partial charge is 0.231 e. The number of ether oxygens (including phenoxy) is 2. The van der Waals surface area contributed by atoms with E-state index in [4.69, 9.17) is 15.2 Å². The van der Waals surface area contributed by atoms with Crippen molar-refractivity contribution in [2.24, 2.45) is 5.73 Å². The average molecular weight is 383 g/mol. The second-order valence-corrected chi connectivity index (χ2v) is 7.69. The predicted octanol–water partition coefficient (Wildman–Crippen LogP) is 1.46. The Hall–Kier alpha value is -2.12. The third-order valence-corrected chi connectivity index (χ3v) is 5.56. The number of hydrogen-bond acceptors (Lipinski definition) is 6. The number of fused-ring (bicyclic) bond motifs is 1. The Kier molecular flexibility index (Phi) is 6.12. The first-order valence-electron chi connectivity index (χ1n) is 9.98. The monoisotopic (exact) mass is 383 g/mol. The van der Waals surface area contributed by atoms with Gasteiger partial charge in [0.05, 0.1) is 6.10 Å². The van der Waals surface area contributed by atoms with E-state index in [2.05, 4.69) is 34.1 Å². The normalized spacial score (nSPS) is 19.5. The minimum atomic E-state index is -0.513. The van der Waals surface area contributed by atoms with Gasteiger partial charge in [0.15, 0.2) is 11.5 Å². The Morgan fingerprint density at radius 2 is 1.61 bits per heavy atom. The van der Waals surface area contributed by atoms with Crippen LogP contribution in [-0.2, 0) is 13.0 Å². The summed E-state index contributed by atoms with van der Waals surface area (Å²) in [6.45, 7) is 5.70. The van der Waals surface area contributed by atoms with Gasteiger partial charge >= 0.3 is 0 Å². The molecule has 0 aliphatic carbocycles. The van der Waals surface area contributed by atoms with Crippen molar-refractivity contribution in [3.8, 4) is 11.5 Å². The molecule has 0 bridgehead atoms. The van der Waals surface area contributed by atoms with Gasteiger partial charge in [0.25, 0.3) is 0 Å². The van der Waals surface area contributed by atoms with Gasteiger partial charge in [0, 0.05) is 45.3 Å². The van der Waals surface area contributed by atoms with Crippen molar-refractivity contribution in [3.05, 3.63) is 59.7 Å². The maximum Gasteiger partial charge on any atom is 0.231 e. The van der Waals surface area contributed by atoms with Crippen LogP contribution in [0.5, 0.6) is 11.5 Å². The van der Waals surface area contributed by atoms with Gasteiger partial charge in [-0.1, -0.05) is 36.4 Å². The van der Waals surface area contributed by atoms with Crippen LogP contribution in [0.25, 0.3) is 0 Å². The summed E-state index contributed by atoms with van der Waals surface area (Å²) in [4.78, 5) is 4.75. The third-order valence-electron chi connectivity index (χ3n) is 5.56. The highest BCUT2D eigenvalue weighted by atomic mass is 16.7. The van der Waals surface area contributed by atoms with Gasteiger partial charge in [0.2, 0.25) is 6.79 Å². The van der Waals surface area contributed by atoms with E-state index < -0.39 is 6.10 Å². The Labute approximate surface area is 166 Å². The molecule has 2 atom stereocenters. The number of benzene rings is 2. The van der Waals surface area contributed by atoms with Crippen molar-refractivity contribution in [3.63, 3.8) is 0 Å². The van der Waals surface area contributed by atoms with E-state index in [-0.39, 0.29) is 6.04 Å². The standard InChI is InChI=1S/C22H29N3O3/c23-19(12-17-4-2-1-3-5-17)20(26)15-25-10-8-24(9-11-25)14-18-6-7-21-22(13-18)28-16-27-21/h1-7,13,19-20,26H,8-12,14-16,23H2/t19-,20+/m0/s1. The largest absolute Gasteiger partial charge is 0.454 e. The maximum absolute atomic E-state index is 10.5. The first-order valence-corrected chi connectivity index (χ1v) is 9.98. The van der Waals surface area contributed by atoms with Crippen LogP contribution in [0.2, 0.25) is 0 Å². The summed E-state index contributed by atoms with van der Waals surface area (Å²) < 4.78 is 10.8. The van der Waals surface area contributed by atoms with Crippen LogP contribution in [0.1, 0.15) is 11.1 Å². The molecule has 0 aromatic heterocycles. The lowest BCUT2D eigenvalue weighted by Crippen LogP contribution is -2.51. The first-order chi connectivity index (χ1) is 13.7. The molecule has 28 heavy (non-hydrogen) atoms. The van der Waals surface area contributed by atoms with E-state index in [0.29, 0.717) is 19.8 Å². The molecule has 0 saturated carbocycles. The van der Waals surface area contributed by atoms with Crippen LogP contribution in [0.15, 0.2) is 48.5 Å². The Balaban J connectivity index is 1.21. The van der Waals surface area contributed by atoms with E-state index in [9.17, 15) is 5.11 Å². The van der Waals surface area contributed by atoms with E-state index in [1.165, 1.54) is 11.1 Å². The van der Waals surface area contributed by atoms with E-state index in [1.807, 2.05) is 24.3 Å². The molecule has 0 radical (unpaired) electrons. The number of aliphatic hydroxyl groups is 1. The second kappa shape index (κ2) is 8.92. The van der Waals surface area contributed by atoms with Crippen molar-refractivity contribution < 1.29 is 14.6 Å². The van der Waals surface area contributed by atoms with Crippen molar-refractivity contribution in [2.75, 3.05) is 39.5 Å². The molecule has 1 fully saturated rings. The minimum Gasteiger partial charge on any atom is -0.454 e. The molecule has 1 saturated heterocycles. The highest BCUT2D eigenvalue weighted by molar-refractivity contribution is 5.44. The minimum absolute atomic E-state index is 0.242. The maximum atomic E-state index is 10.5. The first kappa shape index (κ1) is 19.2. The molecular weight excluding hydrogens is 354 g/mol. The quantitative estimate of drug-likeness (QED) is 0.754. The zero-order chi connectivity index (χ0) is 19.3. The molecule has 2 aliphatic rings. The molecule has 0 spiro atoms. The van der Waals surface area contributed by atoms with Gasteiger partial charge < -0.3 is 20.3 Å². The zero-order valence-corrected chi connectivity index (χ0v) is 16.2. The Morgan fingerprint density at radius 3 is 2.39 bits per heavy atom. The molecule has 2 heterocycles. The fourth-order valence-electron chi connectivity index (χ4n) is 3.85. The topological polar surface area (TPSA) is 71.2 Å². The molecule has 6 heteroatoms. The third kappa shape index (κ3) is 4.83. The van der Waals surface area contributed by atoms with Crippen LogP contribution < -0.4 is 15.2 Å². The highest BCUT2D eigenvalue weighted by Gasteiger charge is 2.23. The SMILES string of the molecule is N[C@@H](Cc1ccccc1)[C@H](O)CN1CCN(Cc2ccc3c(c2)OCO3)CC1. The lowest BCUT2D eigenvalue weighted by Gasteiger charge is -2.36. The molecule has 0 amide bonds. The lowest BCUT2D eigenvalue weighted by molar-refractivity contribution is 0.0579. The lowest BCUT2D eigenvalue weighted by atomic mass is 10.0. The molecule has 2 aliphatic heterocycles. The van der Waals surface area contributed by atoms with Gasteiger partial charge in [-0.05, 0) is 29.7 Å². The van der Waals surface area contributed by atoms with Crippen molar-refractivity contribution >= 4 is 0 Å². The molecule has 3 N–H and O–H groups in total. The van der Waals surface area contributed by atoms with Gasteiger partial charge in [-0.2, -0.15) is 0 Å². The van der Waals surface area contributed by atoms with E-state index in [1.54, 1.807) is 0 Å². The summed E-state index contributed by atoms with van der Waals surface area (Å²) in [5, 5.41) is 10.5. The van der Waals surface area contributed by atoms with Crippen molar-refractivity contribution in [1.29, 1.82) is 0 Å². The van der Waals surface area contributed by atoms with E-state index >= 15 is 0 Å². The second-order valence-electron chi connectivity index (χ2n) is 7.69. The van der Waals surface area contributed by atoms with Gasteiger partial charge in [0.1, 0.15) is 0 Å². The van der Waals surface area contributed by atoms with Crippen LogP contribution in [0.3, 0.4) is 0 Å². The molecule has 2 aromatic carbocycles. The summed E-state index contributed by atoms with van der Waals surface area (Å²) in [5.74, 6) is 1.67. The summed E-state index contributed by atoms with van der Waals surface area (Å²) in [7, 11) is 0. The highest BCUT2D eigenvalue weighted by Crippen LogP contribution is 2.32. The van der Waals surface area contributed by atoms with Crippen molar-refractivity contribution in [1.82, 2.24) is 9.80 Å². The fraction of sp³-hybridized carbons (Fsp3) is 0.455. The Bertz CT molecular complexity index is 763. The fourth-order valence-corrected chi connectivity index (χ4v) is 3.85. The van der Waals surface area contributed by atoms with Gasteiger partial charge in [-0.15, -0.1) is 0 Å². The van der Waals surface area contributed by atoms with Gasteiger partial charge in [-0.25, -0.2) is 0 Å². The number of nitrogens with zero attached hydrogens (tertiary/aromatic N) is 2. The number of rotatable bonds is 7. The summed E-state index contributed by atoms with van der Waals surface area (Å²) in [6.07, 6.45) is 0.187. The van der Waals surface area contributed by atoms with Crippen LogP contribution in [-0.4, -0.2) is 66.6 Å². The predicted molar refractivity (Wildman–Crippen MR) is 108 cm³/mol. The van der Waals surface area contributed by atoms with Crippen LogP contribution in [0, 0.1) is 0 Å². The number of aliphatic hydroxyl groups excluding tert-OH is 1. The van der Waals surface area contributed by atoms with Crippen LogP contribution in [0.4, 0.5) is 0 Å². The zero-order valence-electron chi connectivity index (χ0n) is 16.2. The molecule has 4 rings (SSSR count).